The van der Waals surface area contributed by atoms with E-state index in [1.54, 1.807) is 0 Å². The summed E-state index contributed by atoms with van der Waals surface area (Å²) in [5, 5.41) is 0. The number of unbranched alkanes of at least 4 members (excludes halogenated alkanes) is 26. The quantitative estimate of drug-likeness (QED) is 0.0348. The molecule has 332 valence electrons. The van der Waals surface area contributed by atoms with Crippen molar-refractivity contribution in [1.29, 1.82) is 0 Å². The van der Waals surface area contributed by atoms with Crippen LogP contribution in [0.2, 0.25) is 0 Å². The van der Waals surface area contributed by atoms with Gasteiger partial charge in [0.2, 0.25) is 0 Å². The number of carbonyl (C=O) groups excluding carboxylic acids is 3. The van der Waals surface area contributed by atoms with Crippen LogP contribution in [0.15, 0.2) is 0 Å². The van der Waals surface area contributed by atoms with Crippen molar-refractivity contribution in [3.05, 3.63) is 0 Å². The first-order chi connectivity index (χ1) is 27.1. The molecule has 0 radical (unpaired) electrons. The highest BCUT2D eigenvalue weighted by Crippen LogP contribution is 2.17. The van der Waals surface area contributed by atoms with Gasteiger partial charge < -0.3 is 14.2 Å². The Kier molecular flexibility index (Phi) is 40.4. The summed E-state index contributed by atoms with van der Waals surface area (Å²) in [7, 11) is 0. The fourth-order valence-electron chi connectivity index (χ4n) is 7.41. The minimum atomic E-state index is -0.762. The normalized spacial score (nSPS) is 12.2. The van der Waals surface area contributed by atoms with E-state index in [1.165, 1.54) is 148 Å². The Bertz CT molecular complexity index is 868. The molecule has 0 aliphatic heterocycles. The van der Waals surface area contributed by atoms with Gasteiger partial charge in [0, 0.05) is 19.3 Å². The lowest BCUT2D eigenvalue weighted by atomic mass is 10.0. The van der Waals surface area contributed by atoms with Gasteiger partial charge in [0.05, 0.1) is 0 Å². The molecule has 0 aromatic rings. The zero-order valence-electron chi connectivity index (χ0n) is 38.4. The van der Waals surface area contributed by atoms with Crippen molar-refractivity contribution in [2.75, 3.05) is 13.2 Å². The Balaban J connectivity index is 4.33. The summed E-state index contributed by atoms with van der Waals surface area (Å²) in [4.78, 5) is 37.8. The van der Waals surface area contributed by atoms with Crippen LogP contribution in [0.5, 0.6) is 0 Å². The van der Waals surface area contributed by atoms with Crippen molar-refractivity contribution in [3.8, 4) is 0 Å². The van der Waals surface area contributed by atoms with Gasteiger partial charge in [-0.15, -0.1) is 0 Å². The number of carbonyl (C=O) groups is 3. The van der Waals surface area contributed by atoms with Gasteiger partial charge in [-0.3, -0.25) is 14.4 Å². The first-order valence-electron chi connectivity index (χ1n) is 24.6. The van der Waals surface area contributed by atoms with E-state index in [0.29, 0.717) is 19.3 Å². The summed E-state index contributed by atoms with van der Waals surface area (Å²) in [5.41, 5.74) is 0. The van der Waals surface area contributed by atoms with Gasteiger partial charge in [0.1, 0.15) is 13.2 Å². The molecule has 0 spiro atoms. The Hall–Kier alpha value is -1.59. The third-order valence-electron chi connectivity index (χ3n) is 11.1. The highest BCUT2D eigenvalue weighted by Gasteiger charge is 2.19. The molecule has 0 saturated carbocycles. The SMILES string of the molecule is CC(C)CCCCCCCCCCCCCC(=O)OC[C@@H](COC(=O)CCCCCCCCCCCC(C)C)OC(=O)CCCCCCCCCCCC(C)C. The second-order valence-corrected chi connectivity index (χ2v) is 18.5. The van der Waals surface area contributed by atoms with Crippen molar-refractivity contribution in [3.63, 3.8) is 0 Å². The summed E-state index contributed by atoms with van der Waals surface area (Å²) < 4.78 is 16.8. The van der Waals surface area contributed by atoms with Crippen molar-refractivity contribution < 1.29 is 28.6 Å². The lowest BCUT2D eigenvalue weighted by molar-refractivity contribution is -0.167. The molecule has 1 atom stereocenters. The molecule has 0 fully saturated rings. The molecule has 6 nitrogen and oxygen atoms in total. The molecule has 0 aliphatic rings. The van der Waals surface area contributed by atoms with Crippen LogP contribution in [0.3, 0.4) is 0 Å². The van der Waals surface area contributed by atoms with Crippen LogP contribution in [0.25, 0.3) is 0 Å². The van der Waals surface area contributed by atoms with Gasteiger partial charge in [-0.25, -0.2) is 0 Å². The molecule has 0 rings (SSSR count). The second kappa shape index (κ2) is 41.6. The van der Waals surface area contributed by atoms with Gasteiger partial charge in [0.15, 0.2) is 6.10 Å². The van der Waals surface area contributed by atoms with E-state index in [0.717, 1.165) is 75.5 Å². The van der Waals surface area contributed by atoms with Crippen LogP contribution in [-0.2, 0) is 28.6 Å². The molecule has 0 saturated heterocycles. The monoisotopic (exact) mass is 793 g/mol. The summed E-state index contributed by atoms with van der Waals surface area (Å²) in [6.45, 7) is 13.7. The van der Waals surface area contributed by atoms with Gasteiger partial charge in [-0.2, -0.15) is 0 Å². The van der Waals surface area contributed by atoms with Crippen molar-refractivity contribution in [1.82, 2.24) is 0 Å². The second-order valence-electron chi connectivity index (χ2n) is 18.5. The third-order valence-corrected chi connectivity index (χ3v) is 11.1. The first-order valence-corrected chi connectivity index (χ1v) is 24.6. The van der Waals surface area contributed by atoms with E-state index in [1.807, 2.05) is 0 Å². The van der Waals surface area contributed by atoms with Gasteiger partial charge in [0.25, 0.3) is 0 Å². The van der Waals surface area contributed by atoms with Crippen LogP contribution in [0.1, 0.15) is 266 Å². The molecule has 0 unspecified atom stereocenters. The molecule has 0 heterocycles. The summed E-state index contributed by atoms with van der Waals surface area (Å²) in [5.74, 6) is 1.58. The topological polar surface area (TPSA) is 78.9 Å². The maximum Gasteiger partial charge on any atom is 0.306 e. The van der Waals surface area contributed by atoms with E-state index >= 15 is 0 Å². The van der Waals surface area contributed by atoms with Gasteiger partial charge >= 0.3 is 17.9 Å². The number of esters is 3. The highest BCUT2D eigenvalue weighted by molar-refractivity contribution is 5.71. The molecule has 0 aromatic carbocycles. The van der Waals surface area contributed by atoms with Crippen molar-refractivity contribution in [2.45, 2.75) is 272 Å². The fraction of sp³-hybridized carbons (Fsp3) is 0.940. The fourth-order valence-corrected chi connectivity index (χ4v) is 7.41. The summed E-state index contributed by atoms with van der Waals surface area (Å²) in [6.07, 6.45) is 39.5. The van der Waals surface area contributed by atoms with Crippen molar-refractivity contribution in [2.24, 2.45) is 17.8 Å². The van der Waals surface area contributed by atoms with E-state index in [2.05, 4.69) is 41.5 Å². The van der Waals surface area contributed by atoms with Crippen LogP contribution in [0.4, 0.5) is 0 Å². The standard InChI is InChI=1S/C50H96O6/c1-44(2)36-30-24-18-12-8-7-9-15-21-27-33-39-48(51)54-42-47(56-50(53)41-35-29-23-17-11-14-20-26-32-38-46(5)6)43-55-49(52)40-34-28-22-16-10-13-19-25-31-37-45(3)4/h44-47H,7-43H2,1-6H3/t47-/m0/s1. The lowest BCUT2D eigenvalue weighted by Crippen LogP contribution is -2.30. The molecule has 0 N–H and O–H groups in total. The number of ether oxygens (including phenoxy) is 3. The highest BCUT2D eigenvalue weighted by atomic mass is 16.6. The smallest absolute Gasteiger partial charge is 0.306 e. The van der Waals surface area contributed by atoms with Crippen LogP contribution >= 0.6 is 0 Å². The zero-order valence-corrected chi connectivity index (χ0v) is 38.4. The number of hydrogen-bond acceptors (Lipinski definition) is 6. The van der Waals surface area contributed by atoms with Gasteiger partial charge in [-0.1, -0.05) is 228 Å². The molecule has 0 aliphatic carbocycles. The van der Waals surface area contributed by atoms with Crippen molar-refractivity contribution >= 4 is 17.9 Å². The Morgan fingerprint density at radius 1 is 0.304 bits per heavy atom. The van der Waals surface area contributed by atoms with E-state index in [9.17, 15) is 14.4 Å². The Morgan fingerprint density at radius 2 is 0.518 bits per heavy atom. The average molecular weight is 793 g/mol. The molecular weight excluding hydrogens is 697 g/mol. The predicted molar refractivity (Wildman–Crippen MR) is 238 cm³/mol. The van der Waals surface area contributed by atoms with E-state index < -0.39 is 6.10 Å². The molecular formula is C50H96O6. The molecule has 56 heavy (non-hydrogen) atoms. The summed E-state index contributed by atoms with van der Waals surface area (Å²) in [6, 6.07) is 0. The average Bonchev–Trinajstić information content (AvgIpc) is 3.15. The van der Waals surface area contributed by atoms with Crippen LogP contribution in [-0.4, -0.2) is 37.2 Å². The third kappa shape index (κ3) is 43.5. The number of rotatable bonds is 43. The van der Waals surface area contributed by atoms with E-state index in [4.69, 9.17) is 14.2 Å². The zero-order chi connectivity index (χ0) is 41.3. The Morgan fingerprint density at radius 3 is 0.768 bits per heavy atom. The predicted octanol–water partition coefficient (Wildman–Crippen LogP) is 15.6. The van der Waals surface area contributed by atoms with Crippen LogP contribution < -0.4 is 0 Å². The van der Waals surface area contributed by atoms with Gasteiger partial charge in [-0.05, 0) is 37.0 Å². The minimum Gasteiger partial charge on any atom is -0.462 e. The summed E-state index contributed by atoms with van der Waals surface area (Å²) >= 11 is 0. The maximum absolute atomic E-state index is 12.7. The molecule has 6 heteroatoms. The molecule has 0 aromatic heterocycles. The molecule has 0 bridgehead atoms. The van der Waals surface area contributed by atoms with Crippen LogP contribution in [0, 0.1) is 17.8 Å². The number of hydrogen-bond donors (Lipinski definition) is 0. The largest absolute Gasteiger partial charge is 0.462 e. The lowest BCUT2D eigenvalue weighted by Gasteiger charge is -2.18. The minimum absolute atomic E-state index is 0.0655. The van der Waals surface area contributed by atoms with E-state index in [-0.39, 0.29) is 31.1 Å². The molecule has 0 amide bonds. The Labute approximate surface area is 348 Å². The maximum atomic E-state index is 12.7. The first kappa shape index (κ1) is 54.4.